The number of rotatable bonds is 7. The summed E-state index contributed by atoms with van der Waals surface area (Å²) in [5, 5.41) is 2.67. The normalized spacial score (nSPS) is 16.9. The van der Waals surface area contributed by atoms with Crippen molar-refractivity contribution in [2.45, 2.75) is 24.5 Å². The second-order valence-electron chi connectivity index (χ2n) is 6.52. The van der Waals surface area contributed by atoms with Crippen LogP contribution in [0.25, 0.3) is 0 Å². The lowest BCUT2D eigenvalue weighted by atomic mass is 9.96. The Morgan fingerprint density at radius 2 is 1.82 bits per heavy atom. The number of carbonyl (C=O) groups is 1. The summed E-state index contributed by atoms with van der Waals surface area (Å²) in [5.41, 5.74) is -5.21. The highest BCUT2D eigenvalue weighted by Crippen LogP contribution is 2.29. The molecule has 1 fully saturated rings. The molecule has 0 unspecified atom stereocenters. The molecule has 0 atom stereocenters. The highest BCUT2D eigenvalue weighted by Gasteiger charge is 2.31. The zero-order valence-electron chi connectivity index (χ0n) is 14.9. The van der Waals surface area contributed by atoms with E-state index in [2.05, 4.69) is 10.0 Å². The molecule has 1 amide bonds. The number of nitrogens with zero attached hydrogens (tertiary/aromatic N) is 1. The van der Waals surface area contributed by atoms with Gasteiger partial charge in [0.1, 0.15) is 0 Å². The van der Waals surface area contributed by atoms with E-state index >= 15 is 0 Å². The van der Waals surface area contributed by atoms with Gasteiger partial charge in [0.2, 0.25) is 0 Å². The third-order valence-corrected chi connectivity index (χ3v) is 5.01. The minimum atomic E-state index is -4.50. The number of likely N-dealkylation sites (tertiary alicyclic amines) is 1. The number of halogens is 6. The van der Waals surface area contributed by atoms with E-state index < -0.39 is 23.2 Å². The first-order valence-corrected chi connectivity index (χ1v) is 9.51. The Kier molecular flexibility index (Phi) is 8.02. The fourth-order valence-electron chi connectivity index (χ4n) is 2.93. The molecule has 4 nitrogen and oxygen atoms in total. The zero-order chi connectivity index (χ0) is 20.8. The van der Waals surface area contributed by atoms with Crippen LogP contribution >= 0.6 is 11.9 Å². The van der Waals surface area contributed by atoms with Crippen molar-refractivity contribution in [3.05, 3.63) is 35.4 Å². The van der Waals surface area contributed by atoms with Gasteiger partial charge in [-0.25, -0.2) is 0 Å². The topological polar surface area (TPSA) is 44.4 Å². The molecular weight excluding hydrogens is 408 g/mol. The Morgan fingerprint density at radius 3 is 2.43 bits per heavy atom. The number of piperidine rings is 1. The van der Waals surface area contributed by atoms with Crippen LogP contribution in [0.5, 0.6) is 0 Å². The number of nitrogens with one attached hydrogen (secondary N) is 2. The fourth-order valence-corrected chi connectivity index (χ4v) is 3.28. The largest absolute Gasteiger partial charge is 0.456 e. The standard InChI is InChI=1S/C17H21F6N3OS/c18-16(19,20)14-3-1-2-13(10-14)15(27)24-11-12-4-7-26(8-5-12)9-6-25-28-17(21,22)23/h1-3,10,12,25H,4-9,11H2,(H,24,27). The lowest BCUT2D eigenvalue weighted by Gasteiger charge is -2.32. The molecule has 11 heteroatoms. The number of carbonyl (C=O) groups excluding carboxylic acids is 1. The van der Waals surface area contributed by atoms with Crippen LogP contribution in [0.15, 0.2) is 24.3 Å². The van der Waals surface area contributed by atoms with Crippen molar-refractivity contribution in [3.63, 3.8) is 0 Å². The maximum Gasteiger partial charge on any atom is 0.456 e. The smallest absolute Gasteiger partial charge is 0.352 e. The van der Waals surface area contributed by atoms with Crippen molar-refractivity contribution in [2.75, 3.05) is 32.7 Å². The number of amides is 1. The summed E-state index contributed by atoms with van der Waals surface area (Å²) in [6.45, 7) is 2.45. The molecule has 0 radical (unpaired) electrons. The maximum atomic E-state index is 12.7. The Balaban J connectivity index is 1.69. The third kappa shape index (κ3) is 7.88. The van der Waals surface area contributed by atoms with E-state index in [1.54, 1.807) is 0 Å². The Hall–Kier alpha value is -1.46. The minimum absolute atomic E-state index is 0.0412. The Labute approximate surface area is 163 Å². The van der Waals surface area contributed by atoms with E-state index in [1.165, 1.54) is 12.1 Å². The number of hydrogen-bond donors (Lipinski definition) is 2. The Morgan fingerprint density at radius 1 is 1.14 bits per heavy atom. The summed E-state index contributed by atoms with van der Waals surface area (Å²) < 4.78 is 76.5. The molecule has 1 aliphatic rings. The summed E-state index contributed by atoms with van der Waals surface area (Å²) in [6.07, 6.45) is -2.98. The van der Waals surface area contributed by atoms with Gasteiger partial charge in [0.15, 0.2) is 0 Å². The van der Waals surface area contributed by atoms with Gasteiger partial charge < -0.3 is 10.2 Å². The molecule has 0 spiro atoms. The first kappa shape index (κ1) is 22.8. The van der Waals surface area contributed by atoms with Crippen LogP contribution in [-0.4, -0.2) is 49.0 Å². The summed E-state index contributed by atoms with van der Waals surface area (Å²) in [7, 11) is 0. The molecule has 1 aromatic rings. The SMILES string of the molecule is O=C(NCC1CCN(CCNSC(F)(F)F)CC1)c1cccc(C(F)(F)F)c1. The quantitative estimate of drug-likeness (QED) is 0.392. The fraction of sp³-hybridized carbons (Fsp3) is 0.588. The molecule has 1 saturated heterocycles. The van der Waals surface area contributed by atoms with E-state index in [1.807, 2.05) is 4.90 Å². The van der Waals surface area contributed by atoms with E-state index in [0.29, 0.717) is 26.2 Å². The second-order valence-corrected chi connectivity index (χ2v) is 7.47. The minimum Gasteiger partial charge on any atom is -0.352 e. The van der Waals surface area contributed by atoms with Crippen molar-refractivity contribution in [3.8, 4) is 0 Å². The predicted octanol–water partition coefficient (Wildman–Crippen LogP) is 3.90. The van der Waals surface area contributed by atoms with Crippen molar-refractivity contribution in [1.82, 2.24) is 14.9 Å². The van der Waals surface area contributed by atoms with Crippen LogP contribution in [0.1, 0.15) is 28.8 Å². The summed E-state index contributed by atoms with van der Waals surface area (Å²) >= 11 is -0.260. The highest BCUT2D eigenvalue weighted by atomic mass is 32.2. The molecule has 0 saturated carbocycles. The van der Waals surface area contributed by atoms with Gasteiger partial charge in [0.25, 0.3) is 5.91 Å². The third-order valence-electron chi connectivity index (χ3n) is 4.43. The average Bonchev–Trinajstić information content (AvgIpc) is 2.63. The molecule has 0 bridgehead atoms. The van der Waals surface area contributed by atoms with Crippen LogP contribution in [-0.2, 0) is 6.18 Å². The molecule has 1 heterocycles. The van der Waals surface area contributed by atoms with Gasteiger partial charge in [-0.2, -0.15) is 26.3 Å². The van der Waals surface area contributed by atoms with Gasteiger partial charge in [-0.3, -0.25) is 9.52 Å². The van der Waals surface area contributed by atoms with Gasteiger partial charge in [0, 0.05) is 37.1 Å². The van der Waals surface area contributed by atoms with Crippen LogP contribution in [0, 0.1) is 5.92 Å². The van der Waals surface area contributed by atoms with Crippen molar-refractivity contribution in [2.24, 2.45) is 5.92 Å². The molecule has 0 aliphatic carbocycles. The average molecular weight is 429 g/mol. The van der Waals surface area contributed by atoms with Crippen LogP contribution in [0.4, 0.5) is 26.3 Å². The maximum absolute atomic E-state index is 12.7. The molecule has 1 aliphatic heterocycles. The molecule has 158 valence electrons. The monoisotopic (exact) mass is 429 g/mol. The van der Waals surface area contributed by atoms with Gasteiger partial charge in [-0.05, 0) is 50.0 Å². The van der Waals surface area contributed by atoms with E-state index in [-0.39, 0.29) is 30.0 Å². The second kappa shape index (κ2) is 9.84. The zero-order valence-corrected chi connectivity index (χ0v) is 15.7. The van der Waals surface area contributed by atoms with E-state index in [0.717, 1.165) is 25.0 Å². The molecule has 0 aromatic heterocycles. The van der Waals surface area contributed by atoms with Crippen molar-refractivity contribution < 1.29 is 31.1 Å². The predicted molar refractivity (Wildman–Crippen MR) is 94.6 cm³/mol. The first-order valence-electron chi connectivity index (χ1n) is 8.70. The molecule has 28 heavy (non-hydrogen) atoms. The lowest BCUT2D eigenvalue weighted by Crippen LogP contribution is -2.40. The number of alkyl halides is 6. The molecular formula is C17H21F6N3OS. The van der Waals surface area contributed by atoms with Crippen LogP contribution < -0.4 is 10.0 Å². The molecule has 2 rings (SSSR count). The van der Waals surface area contributed by atoms with Crippen LogP contribution in [0.3, 0.4) is 0 Å². The van der Waals surface area contributed by atoms with E-state index in [9.17, 15) is 31.1 Å². The van der Waals surface area contributed by atoms with Gasteiger partial charge in [-0.1, -0.05) is 6.07 Å². The van der Waals surface area contributed by atoms with Crippen molar-refractivity contribution >= 4 is 17.9 Å². The lowest BCUT2D eigenvalue weighted by molar-refractivity contribution is -0.137. The Bertz CT molecular complexity index is 645. The highest BCUT2D eigenvalue weighted by molar-refractivity contribution is 7.98. The summed E-state index contributed by atoms with van der Waals surface area (Å²) in [4.78, 5) is 14.1. The summed E-state index contributed by atoms with van der Waals surface area (Å²) in [6, 6.07) is 4.26. The first-order chi connectivity index (χ1) is 13.0. The van der Waals surface area contributed by atoms with Gasteiger partial charge in [0.05, 0.1) is 5.56 Å². The number of benzene rings is 1. The van der Waals surface area contributed by atoms with Crippen LogP contribution in [0.2, 0.25) is 0 Å². The van der Waals surface area contributed by atoms with Crippen molar-refractivity contribution in [1.29, 1.82) is 0 Å². The van der Waals surface area contributed by atoms with Gasteiger partial charge in [-0.15, -0.1) is 0 Å². The summed E-state index contributed by atoms with van der Waals surface area (Å²) in [5.74, 6) is -0.370. The van der Waals surface area contributed by atoms with Gasteiger partial charge >= 0.3 is 11.7 Å². The van der Waals surface area contributed by atoms with E-state index in [4.69, 9.17) is 0 Å². The molecule has 1 aromatic carbocycles. The number of hydrogen-bond acceptors (Lipinski definition) is 4. The molecule has 2 N–H and O–H groups in total.